The van der Waals surface area contributed by atoms with Gasteiger partial charge < -0.3 is 0 Å². The van der Waals surface area contributed by atoms with Crippen molar-refractivity contribution in [3.8, 4) is 33.4 Å². The Labute approximate surface area is 181 Å². The van der Waals surface area contributed by atoms with Crippen molar-refractivity contribution >= 4 is 10.9 Å². The molecule has 5 rings (SSSR count). The van der Waals surface area contributed by atoms with Crippen molar-refractivity contribution in [2.75, 3.05) is 0 Å². The number of aromatic nitrogens is 1. The number of pyridine rings is 1. The first kappa shape index (κ1) is 19.2. The smallest absolute Gasteiger partial charge is 0.123 e. The first-order valence-electron chi connectivity index (χ1n) is 10.5. The fourth-order valence-electron chi connectivity index (χ4n) is 3.89. The van der Waals surface area contributed by atoms with E-state index in [2.05, 4.69) is 79.7 Å². The number of aryl methyl sites for hydroxylation is 1. The Balaban J connectivity index is 1.43. The average molecular weight is 404 g/mol. The zero-order chi connectivity index (χ0) is 21.2. The highest BCUT2D eigenvalue weighted by Gasteiger charge is 2.05. The average Bonchev–Trinajstić information content (AvgIpc) is 2.84. The van der Waals surface area contributed by atoms with Gasteiger partial charge in [0.2, 0.25) is 0 Å². The van der Waals surface area contributed by atoms with E-state index >= 15 is 0 Å². The summed E-state index contributed by atoms with van der Waals surface area (Å²) in [6.07, 6.45) is 2.98. The fourth-order valence-corrected chi connectivity index (χ4v) is 3.89. The largest absolute Gasteiger partial charge is 0.256 e. The zero-order valence-corrected chi connectivity index (χ0v) is 17.3. The molecule has 0 unspecified atom stereocenters. The Hall–Kier alpha value is -3.78. The van der Waals surface area contributed by atoms with Gasteiger partial charge in [-0.05, 0) is 64.1 Å². The second-order valence-electron chi connectivity index (χ2n) is 7.77. The molecule has 0 aliphatic carbocycles. The highest BCUT2D eigenvalue weighted by molar-refractivity contribution is 5.87. The minimum atomic E-state index is -0.219. The van der Waals surface area contributed by atoms with Gasteiger partial charge in [-0.25, -0.2) is 4.39 Å². The van der Waals surface area contributed by atoms with Crippen LogP contribution in [0.25, 0.3) is 44.3 Å². The maximum atomic E-state index is 13.2. The molecular weight excluding hydrogens is 381 g/mol. The van der Waals surface area contributed by atoms with Gasteiger partial charge in [0.1, 0.15) is 5.82 Å². The molecular formula is C29H22FN. The number of hydrogen-bond donors (Lipinski definition) is 0. The number of fused-ring (bicyclic) bond motifs is 1. The molecule has 0 amide bonds. The summed E-state index contributed by atoms with van der Waals surface area (Å²) in [5, 5.41) is 1.12. The molecule has 0 fully saturated rings. The van der Waals surface area contributed by atoms with Crippen LogP contribution in [0.4, 0.5) is 4.39 Å². The van der Waals surface area contributed by atoms with Crippen molar-refractivity contribution in [1.29, 1.82) is 0 Å². The minimum Gasteiger partial charge on any atom is -0.256 e. The van der Waals surface area contributed by atoms with E-state index in [0.29, 0.717) is 0 Å². The molecule has 0 atom stereocenters. The van der Waals surface area contributed by atoms with E-state index in [9.17, 15) is 4.39 Å². The first-order chi connectivity index (χ1) is 15.2. The summed E-state index contributed by atoms with van der Waals surface area (Å²) >= 11 is 0. The Bertz CT molecular complexity index is 1340. The van der Waals surface area contributed by atoms with Crippen LogP contribution in [0.3, 0.4) is 0 Å². The van der Waals surface area contributed by atoms with Gasteiger partial charge in [-0.1, -0.05) is 79.7 Å². The van der Waals surface area contributed by atoms with Gasteiger partial charge in [-0.15, -0.1) is 0 Å². The van der Waals surface area contributed by atoms with Crippen LogP contribution in [0.15, 0.2) is 103 Å². The lowest BCUT2D eigenvalue weighted by molar-refractivity contribution is 0.628. The Morgan fingerprint density at radius 1 is 0.581 bits per heavy atom. The van der Waals surface area contributed by atoms with Crippen LogP contribution in [-0.4, -0.2) is 4.98 Å². The second-order valence-corrected chi connectivity index (χ2v) is 7.77. The predicted molar refractivity (Wildman–Crippen MR) is 127 cm³/mol. The SMILES string of the molecule is CCc1ccc(-c2ccc3cc(-c4ccc(-c5ccc(F)cc5)cc4)cnc3c2)cc1. The number of rotatable bonds is 4. The van der Waals surface area contributed by atoms with Crippen molar-refractivity contribution < 1.29 is 4.39 Å². The lowest BCUT2D eigenvalue weighted by atomic mass is 9.99. The third kappa shape index (κ3) is 3.97. The molecule has 0 bridgehead atoms. The van der Waals surface area contributed by atoms with Gasteiger partial charge in [0.05, 0.1) is 5.52 Å². The summed E-state index contributed by atoms with van der Waals surface area (Å²) in [5.74, 6) is -0.219. The zero-order valence-electron chi connectivity index (χ0n) is 17.3. The van der Waals surface area contributed by atoms with E-state index in [1.165, 1.54) is 28.8 Å². The molecule has 0 N–H and O–H groups in total. The van der Waals surface area contributed by atoms with Crippen LogP contribution in [0.2, 0.25) is 0 Å². The maximum Gasteiger partial charge on any atom is 0.123 e. The summed E-state index contributed by atoms with van der Waals surface area (Å²) in [4.78, 5) is 4.73. The third-order valence-corrected chi connectivity index (χ3v) is 5.78. The number of benzene rings is 4. The highest BCUT2D eigenvalue weighted by Crippen LogP contribution is 2.29. The number of nitrogens with zero attached hydrogens (tertiary/aromatic N) is 1. The monoisotopic (exact) mass is 403 g/mol. The number of halogens is 1. The van der Waals surface area contributed by atoms with Crippen molar-refractivity contribution in [2.24, 2.45) is 0 Å². The second kappa shape index (κ2) is 8.16. The summed E-state index contributed by atoms with van der Waals surface area (Å²) in [7, 11) is 0. The summed E-state index contributed by atoms with van der Waals surface area (Å²) in [6.45, 7) is 2.17. The van der Waals surface area contributed by atoms with E-state index < -0.39 is 0 Å². The van der Waals surface area contributed by atoms with Gasteiger partial charge in [0.15, 0.2) is 0 Å². The molecule has 0 saturated heterocycles. The molecule has 0 spiro atoms. The Morgan fingerprint density at radius 3 is 1.74 bits per heavy atom. The van der Waals surface area contributed by atoms with E-state index in [1.54, 1.807) is 12.1 Å². The van der Waals surface area contributed by atoms with Crippen molar-refractivity contribution in [2.45, 2.75) is 13.3 Å². The molecule has 2 heteroatoms. The fraction of sp³-hybridized carbons (Fsp3) is 0.0690. The molecule has 1 aromatic heterocycles. The molecule has 4 aromatic carbocycles. The Kier molecular flexibility index (Phi) is 5.05. The Morgan fingerprint density at radius 2 is 1.10 bits per heavy atom. The van der Waals surface area contributed by atoms with Gasteiger partial charge in [-0.3, -0.25) is 4.98 Å². The summed E-state index contributed by atoms with van der Waals surface area (Å²) in [6, 6.07) is 32.2. The molecule has 31 heavy (non-hydrogen) atoms. The van der Waals surface area contributed by atoms with E-state index in [4.69, 9.17) is 4.98 Å². The van der Waals surface area contributed by atoms with Crippen molar-refractivity contribution in [3.63, 3.8) is 0 Å². The van der Waals surface area contributed by atoms with Crippen LogP contribution >= 0.6 is 0 Å². The predicted octanol–water partition coefficient (Wildman–Crippen LogP) is 7.94. The van der Waals surface area contributed by atoms with Crippen LogP contribution in [0, 0.1) is 5.82 Å². The van der Waals surface area contributed by atoms with Gasteiger partial charge >= 0.3 is 0 Å². The normalized spacial score (nSPS) is 11.0. The molecule has 1 nitrogen and oxygen atoms in total. The highest BCUT2D eigenvalue weighted by atomic mass is 19.1. The molecule has 0 aliphatic heterocycles. The van der Waals surface area contributed by atoms with Crippen molar-refractivity contribution in [1.82, 2.24) is 4.98 Å². The third-order valence-electron chi connectivity index (χ3n) is 5.78. The summed E-state index contributed by atoms with van der Waals surface area (Å²) < 4.78 is 13.2. The maximum absolute atomic E-state index is 13.2. The lowest BCUT2D eigenvalue weighted by Gasteiger charge is -2.08. The van der Waals surface area contributed by atoms with Crippen LogP contribution < -0.4 is 0 Å². The molecule has 0 aliphatic rings. The van der Waals surface area contributed by atoms with E-state index in [0.717, 1.165) is 39.6 Å². The molecule has 150 valence electrons. The quantitative estimate of drug-likeness (QED) is 0.297. The molecule has 1 heterocycles. The minimum absolute atomic E-state index is 0.219. The van der Waals surface area contributed by atoms with Crippen LogP contribution in [-0.2, 0) is 6.42 Å². The molecule has 0 radical (unpaired) electrons. The van der Waals surface area contributed by atoms with Gasteiger partial charge in [-0.2, -0.15) is 0 Å². The molecule has 5 aromatic rings. The topological polar surface area (TPSA) is 12.9 Å². The summed E-state index contributed by atoms with van der Waals surface area (Å²) in [5.41, 5.74) is 8.99. The van der Waals surface area contributed by atoms with Crippen LogP contribution in [0.1, 0.15) is 12.5 Å². The molecule has 0 saturated carbocycles. The van der Waals surface area contributed by atoms with Crippen LogP contribution in [0.5, 0.6) is 0 Å². The van der Waals surface area contributed by atoms with E-state index in [1.807, 2.05) is 6.20 Å². The lowest BCUT2D eigenvalue weighted by Crippen LogP contribution is -1.86. The first-order valence-corrected chi connectivity index (χ1v) is 10.5. The van der Waals surface area contributed by atoms with Crippen molar-refractivity contribution in [3.05, 3.63) is 115 Å². The van der Waals surface area contributed by atoms with E-state index in [-0.39, 0.29) is 5.82 Å². The number of hydrogen-bond acceptors (Lipinski definition) is 1. The van der Waals surface area contributed by atoms with Gasteiger partial charge in [0.25, 0.3) is 0 Å². The standard InChI is InChI=1S/C29H22FN/c1-2-20-3-5-23(6-4-20)25-11-12-26-17-27(19-31-29(26)18-25)24-9-7-21(8-10-24)22-13-15-28(30)16-14-22/h3-19H,2H2,1H3. The van der Waals surface area contributed by atoms with Gasteiger partial charge in [0, 0.05) is 17.1 Å².